The molecular weight excluding hydrogens is 422 g/mol. The van der Waals surface area contributed by atoms with E-state index in [4.69, 9.17) is 10.5 Å². The number of carbonyl (C=O) groups is 2. The maximum Gasteiger partial charge on any atom is 0.387 e. The van der Waals surface area contributed by atoms with Crippen molar-refractivity contribution in [1.82, 2.24) is 5.01 Å². The molecule has 2 aromatic rings. The van der Waals surface area contributed by atoms with Crippen LogP contribution in [-0.2, 0) is 11.3 Å². The van der Waals surface area contributed by atoms with Gasteiger partial charge < -0.3 is 20.5 Å². The molecular formula is C22H24F2N4O4. The molecule has 0 radical (unpaired) electrons. The molecule has 1 atom stereocenters. The van der Waals surface area contributed by atoms with Crippen molar-refractivity contribution in [3.05, 3.63) is 53.6 Å². The zero-order valence-electron chi connectivity index (χ0n) is 17.7. The Morgan fingerprint density at radius 3 is 2.56 bits per heavy atom. The molecule has 0 saturated heterocycles. The van der Waals surface area contributed by atoms with Crippen LogP contribution in [-0.4, -0.2) is 36.4 Å². The number of hydrazone groups is 1. The van der Waals surface area contributed by atoms with Crippen molar-refractivity contribution in [2.75, 3.05) is 12.4 Å². The van der Waals surface area contributed by atoms with Crippen LogP contribution in [0.25, 0.3) is 0 Å². The van der Waals surface area contributed by atoms with Gasteiger partial charge in [-0.3, -0.25) is 4.79 Å². The van der Waals surface area contributed by atoms with Crippen molar-refractivity contribution in [2.45, 2.75) is 32.9 Å². The number of nitrogens with one attached hydrogen (secondary N) is 1. The van der Waals surface area contributed by atoms with Crippen LogP contribution >= 0.6 is 0 Å². The number of nitrogens with two attached hydrogens (primary N) is 1. The molecule has 0 spiro atoms. The van der Waals surface area contributed by atoms with E-state index < -0.39 is 12.6 Å². The molecule has 0 aromatic heterocycles. The number of primary amides is 1. The number of amides is 3. The van der Waals surface area contributed by atoms with Gasteiger partial charge in [-0.1, -0.05) is 19.1 Å². The van der Waals surface area contributed by atoms with Crippen molar-refractivity contribution >= 4 is 23.3 Å². The lowest BCUT2D eigenvalue weighted by molar-refractivity contribution is -0.133. The van der Waals surface area contributed by atoms with Gasteiger partial charge in [-0.15, -0.1) is 0 Å². The van der Waals surface area contributed by atoms with Crippen molar-refractivity contribution < 1.29 is 27.8 Å². The van der Waals surface area contributed by atoms with Gasteiger partial charge in [-0.2, -0.15) is 13.9 Å². The van der Waals surface area contributed by atoms with Crippen molar-refractivity contribution in [1.29, 1.82) is 0 Å². The fraction of sp³-hybridized carbons (Fsp3) is 0.318. The van der Waals surface area contributed by atoms with Gasteiger partial charge in [0.15, 0.2) is 11.5 Å². The molecule has 170 valence electrons. The number of carbonyl (C=O) groups excluding carboxylic acids is 2. The first-order chi connectivity index (χ1) is 15.3. The normalized spacial score (nSPS) is 16.0. The van der Waals surface area contributed by atoms with E-state index in [2.05, 4.69) is 15.2 Å². The lowest BCUT2D eigenvalue weighted by Gasteiger charge is -2.29. The summed E-state index contributed by atoms with van der Waals surface area (Å²) in [4.78, 5) is 23.6. The number of alkyl halides is 2. The van der Waals surface area contributed by atoms with Gasteiger partial charge in [-0.25, -0.2) is 9.80 Å². The Morgan fingerprint density at radius 2 is 1.97 bits per heavy atom. The molecule has 0 fully saturated rings. The Balaban J connectivity index is 1.88. The van der Waals surface area contributed by atoms with Crippen LogP contribution in [0.1, 0.15) is 30.9 Å². The summed E-state index contributed by atoms with van der Waals surface area (Å²) in [5.74, 6) is -0.160. The number of hydrogen-bond acceptors (Lipinski definition) is 5. The summed E-state index contributed by atoms with van der Waals surface area (Å²) in [5.41, 5.74) is 7.79. The minimum Gasteiger partial charge on any atom is -0.493 e. The summed E-state index contributed by atoms with van der Waals surface area (Å²) < 4.78 is 34.9. The summed E-state index contributed by atoms with van der Waals surface area (Å²) >= 11 is 0. The van der Waals surface area contributed by atoms with E-state index >= 15 is 0 Å². The fourth-order valence-corrected chi connectivity index (χ4v) is 3.46. The lowest BCUT2D eigenvalue weighted by atomic mass is 9.89. The van der Waals surface area contributed by atoms with Gasteiger partial charge in [0, 0.05) is 23.6 Å². The molecule has 1 unspecified atom stereocenters. The maximum atomic E-state index is 12.7. The van der Waals surface area contributed by atoms with E-state index in [9.17, 15) is 18.4 Å². The second kappa shape index (κ2) is 10.1. The molecule has 8 nitrogen and oxygen atoms in total. The molecule has 2 aromatic carbocycles. The Labute approximate surface area is 184 Å². The first kappa shape index (κ1) is 23.0. The quantitative estimate of drug-likeness (QED) is 0.640. The molecule has 0 aliphatic carbocycles. The van der Waals surface area contributed by atoms with E-state index in [0.29, 0.717) is 23.4 Å². The number of hydrogen-bond donors (Lipinski definition) is 2. The van der Waals surface area contributed by atoms with Gasteiger partial charge in [0.25, 0.3) is 0 Å². The highest BCUT2D eigenvalue weighted by Crippen LogP contribution is 2.32. The van der Waals surface area contributed by atoms with E-state index in [1.165, 1.54) is 18.2 Å². The van der Waals surface area contributed by atoms with Crippen LogP contribution in [0.5, 0.6) is 11.5 Å². The predicted octanol–water partition coefficient (Wildman–Crippen LogP) is 3.95. The topological polar surface area (TPSA) is 106 Å². The Kier molecular flexibility index (Phi) is 7.24. The Morgan fingerprint density at radius 1 is 1.25 bits per heavy atom. The van der Waals surface area contributed by atoms with Gasteiger partial charge >= 0.3 is 12.6 Å². The highest BCUT2D eigenvalue weighted by Gasteiger charge is 2.30. The van der Waals surface area contributed by atoms with Crippen molar-refractivity contribution in [3.63, 3.8) is 0 Å². The molecule has 3 amide bonds. The lowest BCUT2D eigenvalue weighted by Crippen LogP contribution is -2.36. The highest BCUT2D eigenvalue weighted by molar-refractivity contribution is 6.06. The van der Waals surface area contributed by atoms with Crippen LogP contribution < -0.4 is 20.5 Å². The van der Waals surface area contributed by atoms with Gasteiger partial charge in [0.2, 0.25) is 5.91 Å². The largest absolute Gasteiger partial charge is 0.493 e. The SMILES string of the molecule is CCC1CC(=O)N(Cc2ccc(NC(N)=O)cc2)N=C1c1ccc(OC(F)F)c(OC)c1. The third-order valence-electron chi connectivity index (χ3n) is 5.05. The molecule has 3 N–H and O–H groups in total. The van der Waals surface area contributed by atoms with Crippen LogP contribution in [0.3, 0.4) is 0 Å². The first-order valence-electron chi connectivity index (χ1n) is 9.98. The first-order valence-corrected chi connectivity index (χ1v) is 9.98. The minimum atomic E-state index is -2.97. The fourth-order valence-electron chi connectivity index (χ4n) is 3.46. The summed E-state index contributed by atoms with van der Waals surface area (Å²) in [6.45, 7) is -0.777. The molecule has 10 heteroatoms. The number of nitrogens with zero attached hydrogens (tertiary/aromatic N) is 2. The molecule has 1 heterocycles. The third kappa shape index (κ3) is 5.51. The zero-order chi connectivity index (χ0) is 23.3. The zero-order valence-corrected chi connectivity index (χ0v) is 17.7. The highest BCUT2D eigenvalue weighted by atomic mass is 19.3. The van der Waals surface area contributed by atoms with Crippen LogP contribution in [0.2, 0.25) is 0 Å². The van der Waals surface area contributed by atoms with Crippen molar-refractivity contribution in [3.8, 4) is 11.5 Å². The molecule has 3 rings (SSSR count). The smallest absolute Gasteiger partial charge is 0.387 e. The van der Waals surface area contributed by atoms with E-state index in [-0.39, 0.29) is 36.3 Å². The predicted molar refractivity (Wildman–Crippen MR) is 115 cm³/mol. The Hall–Kier alpha value is -3.69. The minimum absolute atomic E-state index is 0.0756. The summed E-state index contributed by atoms with van der Waals surface area (Å²) in [6, 6.07) is 10.8. The van der Waals surface area contributed by atoms with E-state index in [1.54, 1.807) is 36.4 Å². The Bertz CT molecular complexity index is 1010. The maximum absolute atomic E-state index is 12.7. The molecule has 1 aliphatic heterocycles. The second-order valence-corrected chi connectivity index (χ2v) is 7.18. The summed E-state index contributed by atoms with van der Waals surface area (Å²) in [5, 5.41) is 8.44. The number of anilines is 1. The van der Waals surface area contributed by atoms with Gasteiger partial charge in [-0.05, 0) is 42.3 Å². The molecule has 32 heavy (non-hydrogen) atoms. The van der Waals surface area contributed by atoms with Gasteiger partial charge in [0.1, 0.15) is 0 Å². The van der Waals surface area contributed by atoms with Crippen LogP contribution in [0.15, 0.2) is 47.6 Å². The van der Waals surface area contributed by atoms with Gasteiger partial charge in [0.05, 0.1) is 19.4 Å². The third-order valence-corrected chi connectivity index (χ3v) is 5.05. The second-order valence-electron chi connectivity index (χ2n) is 7.18. The number of halogens is 2. The number of ether oxygens (including phenoxy) is 2. The molecule has 0 bridgehead atoms. The monoisotopic (exact) mass is 446 g/mol. The summed E-state index contributed by atoms with van der Waals surface area (Å²) in [7, 11) is 1.37. The average molecular weight is 446 g/mol. The van der Waals surface area contributed by atoms with E-state index in [1.807, 2.05) is 6.92 Å². The number of urea groups is 1. The number of rotatable bonds is 8. The number of benzene rings is 2. The summed E-state index contributed by atoms with van der Waals surface area (Å²) in [6.07, 6.45) is 0.956. The molecule has 0 saturated carbocycles. The van der Waals surface area contributed by atoms with E-state index in [0.717, 1.165) is 5.56 Å². The molecule has 1 aliphatic rings. The van der Waals surface area contributed by atoms with Crippen LogP contribution in [0, 0.1) is 5.92 Å². The number of methoxy groups -OCH3 is 1. The van der Waals surface area contributed by atoms with Crippen molar-refractivity contribution in [2.24, 2.45) is 16.8 Å². The standard InChI is InChI=1S/C22H24F2N4O4/c1-3-14-11-19(29)28(12-13-4-7-16(8-5-13)26-22(25)30)27-20(14)15-6-9-17(32-21(23)24)18(10-15)31-2/h4-10,14,21H,3,11-12H2,1-2H3,(H3,25,26,30). The average Bonchev–Trinajstić information content (AvgIpc) is 2.75. The van der Waals surface area contributed by atoms with Crippen LogP contribution in [0.4, 0.5) is 19.3 Å².